The van der Waals surface area contributed by atoms with Crippen LogP contribution in [0.15, 0.2) is 18.2 Å². The minimum absolute atomic E-state index is 0.151. The van der Waals surface area contributed by atoms with Crippen molar-refractivity contribution >= 4 is 23.3 Å². The second-order valence-electron chi connectivity index (χ2n) is 6.09. The van der Waals surface area contributed by atoms with Crippen LogP contribution in [0.3, 0.4) is 0 Å². The summed E-state index contributed by atoms with van der Waals surface area (Å²) in [5.41, 5.74) is 0.151. The highest BCUT2D eigenvalue weighted by Gasteiger charge is 2.33. The Morgan fingerprint density at radius 1 is 1.24 bits per heavy atom. The summed E-state index contributed by atoms with van der Waals surface area (Å²) in [6.07, 6.45) is 6.15. The average Bonchev–Trinajstić information content (AvgIpc) is 2.50. The first kappa shape index (κ1) is 14.6. The summed E-state index contributed by atoms with van der Waals surface area (Å²) in [7, 11) is 0. The molecule has 1 aromatic carbocycles. The Morgan fingerprint density at radius 2 is 2.00 bits per heavy atom. The minimum Gasteiger partial charge on any atom is -0.324 e. The zero-order chi connectivity index (χ0) is 14.8. The number of rotatable bonds is 1. The highest BCUT2D eigenvalue weighted by Crippen LogP contribution is 2.36. The first-order chi connectivity index (χ1) is 10.1. The lowest BCUT2D eigenvalue weighted by molar-refractivity contribution is 0.108. The molecule has 3 nitrogen and oxygen atoms in total. The van der Waals surface area contributed by atoms with E-state index in [4.69, 9.17) is 11.6 Å². The van der Waals surface area contributed by atoms with Gasteiger partial charge < -0.3 is 10.2 Å². The molecule has 1 aliphatic heterocycles. The monoisotopic (exact) mass is 310 g/mol. The molecule has 2 fully saturated rings. The number of amides is 2. The van der Waals surface area contributed by atoms with Gasteiger partial charge in [0.05, 0.1) is 5.69 Å². The quantitative estimate of drug-likeness (QED) is 0.812. The molecule has 1 saturated carbocycles. The number of nitrogens with zero attached hydrogens (tertiary/aromatic N) is 1. The summed E-state index contributed by atoms with van der Waals surface area (Å²) in [4.78, 5) is 14.1. The number of halogens is 2. The average molecular weight is 311 g/mol. The van der Waals surface area contributed by atoms with Gasteiger partial charge in [0, 0.05) is 18.1 Å². The van der Waals surface area contributed by atoms with Crippen molar-refractivity contribution in [2.24, 2.45) is 11.8 Å². The standard InChI is InChI=1S/C16H20ClFN2O/c17-13-5-6-14(18)15(9-13)19-16(21)20-8-7-11-3-1-2-4-12(11)10-20/h5-6,9,11-12H,1-4,7-8,10H2,(H,19,21). The molecule has 1 saturated heterocycles. The maximum atomic E-state index is 13.7. The molecule has 114 valence electrons. The molecule has 0 bridgehead atoms. The van der Waals surface area contributed by atoms with Gasteiger partial charge in [-0.25, -0.2) is 9.18 Å². The van der Waals surface area contributed by atoms with E-state index in [-0.39, 0.29) is 11.7 Å². The maximum absolute atomic E-state index is 13.7. The number of carbonyl (C=O) groups excluding carboxylic acids is 1. The van der Waals surface area contributed by atoms with Crippen molar-refractivity contribution in [3.8, 4) is 0 Å². The lowest BCUT2D eigenvalue weighted by atomic mass is 9.75. The zero-order valence-electron chi connectivity index (χ0n) is 11.9. The Bertz CT molecular complexity index is 537. The molecule has 1 aliphatic carbocycles. The molecule has 2 atom stereocenters. The summed E-state index contributed by atoms with van der Waals surface area (Å²) in [6.45, 7) is 1.55. The molecular formula is C16H20ClFN2O. The number of nitrogens with one attached hydrogen (secondary N) is 1. The van der Waals surface area contributed by atoms with Crippen LogP contribution in [0.1, 0.15) is 32.1 Å². The predicted octanol–water partition coefficient (Wildman–Crippen LogP) is 4.52. The van der Waals surface area contributed by atoms with Crippen molar-refractivity contribution in [3.63, 3.8) is 0 Å². The second-order valence-corrected chi connectivity index (χ2v) is 6.53. The van der Waals surface area contributed by atoms with Crippen LogP contribution in [0.5, 0.6) is 0 Å². The van der Waals surface area contributed by atoms with Crippen LogP contribution in [0, 0.1) is 17.7 Å². The molecule has 1 N–H and O–H groups in total. The van der Waals surface area contributed by atoms with Gasteiger partial charge in [0.15, 0.2) is 0 Å². The smallest absolute Gasteiger partial charge is 0.321 e. The summed E-state index contributed by atoms with van der Waals surface area (Å²) in [6, 6.07) is 3.97. The molecule has 2 amide bonds. The van der Waals surface area contributed by atoms with Gasteiger partial charge >= 0.3 is 6.03 Å². The fourth-order valence-corrected chi connectivity index (χ4v) is 3.74. The number of piperidine rings is 1. The van der Waals surface area contributed by atoms with E-state index >= 15 is 0 Å². The Balaban J connectivity index is 1.64. The molecule has 1 heterocycles. The Kier molecular flexibility index (Phi) is 4.34. The maximum Gasteiger partial charge on any atom is 0.321 e. The van der Waals surface area contributed by atoms with Gasteiger partial charge in [-0.05, 0) is 42.9 Å². The summed E-state index contributed by atoms with van der Waals surface area (Å²) < 4.78 is 13.7. The van der Waals surface area contributed by atoms with Gasteiger partial charge in [-0.3, -0.25) is 0 Å². The largest absolute Gasteiger partial charge is 0.324 e. The van der Waals surface area contributed by atoms with E-state index in [9.17, 15) is 9.18 Å². The van der Waals surface area contributed by atoms with Crippen LogP contribution in [0.25, 0.3) is 0 Å². The molecule has 0 radical (unpaired) electrons. The normalized spacial score (nSPS) is 25.3. The first-order valence-electron chi connectivity index (χ1n) is 7.64. The second kappa shape index (κ2) is 6.22. The number of anilines is 1. The summed E-state index contributed by atoms with van der Waals surface area (Å²) in [5, 5.41) is 3.06. The number of urea groups is 1. The van der Waals surface area contributed by atoms with Gasteiger partial charge in [-0.15, -0.1) is 0 Å². The van der Waals surface area contributed by atoms with E-state index in [2.05, 4.69) is 5.32 Å². The molecule has 2 aliphatic rings. The Labute approximate surface area is 129 Å². The molecule has 0 spiro atoms. The van der Waals surface area contributed by atoms with Gasteiger partial charge in [0.2, 0.25) is 0 Å². The number of benzene rings is 1. The Morgan fingerprint density at radius 3 is 2.81 bits per heavy atom. The van der Waals surface area contributed by atoms with E-state index in [0.717, 1.165) is 25.4 Å². The molecule has 5 heteroatoms. The minimum atomic E-state index is -0.458. The number of fused-ring (bicyclic) bond motifs is 1. The lowest BCUT2D eigenvalue weighted by Gasteiger charge is -2.41. The van der Waals surface area contributed by atoms with Crippen LogP contribution in [-0.4, -0.2) is 24.0 Å². The third-order valence-electron chi connectivity index (χ3n) is 4.75. The highest BCUT2D eigenvalue weighted by molar-refractivity contribution is 6.30. The number of likely N-dealkylation sites (tertiary alicyclic amines) is 1. The first-order valence-corrected chi connectivity index (χ1v) is 8.02. The topological polar surface area (TPSA) is 32.3 Å². The SMILES string of the molecule is O=C(Nc1cc(Cl)ccc1F)N1CCC2CCCCC2C1. The summed E-state index contributed by atoms with van der Waals surface area (Å²) >= 11 is 5.85. The summed E-state index contributed by atoms with van der Waals surface area (Å²) in [5.74, 6) is 0.925. The fraction of sp³-hybridized carbons (Fsp3) is 0.562. The van der Waals surface area contributed by atoms with Gasteiger partial charge in [0.1, 0.15) is 5.82 Å². The number of hydrogen-bond donors (Lipinski definition) is 1. The van der Waals surface area contributed by atoms with Crippen LogP contribution < -0.4 is 5.32 Å². The molecule has 0 aromatic heterocycles. The molecular weight excluding hydrogens is 291 g/mol. The lowest BCUT2D eigenvalue weighted by Crippen LogP contribution is -2.46. The van der Waals surface area contributed by atoms with Crippen molar-refractivity contribution in [2.45, 2.75) is 32.1 Å². The van der Waals surface area contributed by atoms with Crippen LogP contribution in [0.4, 0.5) is 14.9 Å². The molecule has 1 aromatic rings. The van der Waals surface area contributed by atoms with Gasteiger partial charge in [0.25, 0.3) is 0 Å². The van der Waals surface area contributed by atoms with Crippen molar-refractivity contribution < 1.29 is 9.18 Å². The van der Waals surface area contributed by atoms with Gasteiger partial charge in [-0.2, -0.15) is 0 Å². The van der Waals surface area contributed by atoms with Crippen molar-refractivity contribution in [1.29, 1.82) is 0 Å². The van der Waals surface area contributed by atoms with Crippen LogP contribution in [-0.2, 0) is 0 Å². The highest BCUT2D eigenvalue weighted by atomic mass is 35.5. The van der Waals surface area contributed by atoms with E-state index in [0.29, 0.717) is 10.9 Å². The number of carbonyl (C=O) groups is 1. The third kappa shape index (κ3) is 3.31. The van der Waals surface area contributed by atoms with Crippen LogP contribution >= 0.6 is 11.6 Å². The van der Waals surface area contributed by atoms with Crippen molar-refractivity contribution in [2.75, 3.05) is 18.4 Å². The van der Waals surface area contributed by atoms with E-state index < -0.39 is 5.82 Å². The van der Waals surface area contributed by atoms with E-state index in [1.807, 2.05) is 4.90 Å². The van der Waals surface area contributed by atoms with Crippen LogP contribution in [0.2, 0.25) is 5.02 Å². The Hall–Kier alpha value is -1.29. The van der Waals surface area contributed by atoms with E-state index in [1.165, 1.54) is 43.9 Å². The zero-order valence-corrected chi connectivity index (χ0v) is 12.7. The molecule has 3 rings (SSSR count). The van der Waals surface area contributed by atoms with Crippen molar-refractivity contribution in [1.82, 2.24) is 4.90 Å². The number of hydrogen-bond acceptors (Lipinski definition) is 1. The van der Waals surface area contributed by atoms with E-state index in [1.54, 1.807) is 0 Å². The predicted molar refractivity (Wildman–Crippen MR) is 82.1 cm³/mol. The molecule has 2 unspecified atom stereocenters. The molecule has 21 heavy (non-hydrogen) atoms. The fourth-order valence-electron chi connectivity index (χ4n) is 3.57. The third-order valence-corrected chi connectivity index (χ3v) is 4.98. The van der Waals surface area contributed by atoms with Crippen molar-refractivity contribution in [3.05, 3.63) is 29.0 Å². The van der Waals surface area contributed by atoms with Gasteiger partial charge in [-0.1, -0.05) is 30.9 Å².